The van der Waals surface area contributed by atoms with E-state index in [0.717, 1.165) is 26.0 Å². The maximum atomic E-state index is 5.86. The molecule has 1 N–H and O–H groups in total. The van der Waals surface area contributed by atoms with E-state index in [9.17, 15) is 0 Å². The van der Waals surface area contributed by atoms with Crippen molar-refractivity contribution in [2.45, 2.75) is 65.6 Å². The summed E-state index contributed by atoms with van der Waals surface area (Å²) in [5.41, 5.74) is 3.08. The lowest BCUT2D eigenvalue weighted by atomic mass is 9.61. The number of benzene rings is 1. The molecule has 0 saturated heterocycles. The van der Waals surface area contributed by atoms with E-state index in [-0.39, 0.29) is 0 Å². The van der Waals surface area contributed by atoms with Crippen LogP contribution in [0, 0.1) is 5.41 Å². The monoisotopic (exact) mass is 275 g/mol. The van der Waals surface area contributed by atoms with Crippen LogP contribution >= 0.6 is 0 Å². The molecular weight excluding hydrogens is 246 g/mol. The second-order valence-corrected chi connectivity index (χ2v) is 6.14. The first-order valence-electron chi connectivity index (χ1n) is 8.06. The maximum absolute atomic E-state index is 5.86. The van der Waals surface area contributed by atoms with Crippen molar-refractivity contribution >= 4 is 0 Å². The third kappa shape index (κ3) is 3.07. The lowest BCUT2D eigenvalue weighted by Gasteiger charge is -2.53. The van der Waals surface area contributed by atoms with Crippen molar-refractivity contribution < 1.29 is 4.74 Å². The molecule has 1 fully saturated rings. The highest BCUT2D eigenvalue weighted by Gasteiger charge is 2.50. The summed E-state index contributed by atoms with van der Waals surface area (Å²) in [5, 5.41) is 3.72. The van der Waals surface area contributed by atoms with Gasteiger partial charge in [0, 0.05) is 24.6 Å². The molecule has 20 heavy (non-hydrogen) atoms. The third-order valence-corrected chi connectivity index (χ3v) is 5.09. The van der Waals surface area contributed by atoms with Crippen LogP contribution in [0.3, 0.4) is 0 Å². The zero-order chi connectivity index (χ0) is 14.6. The Morgan fingerprint density at radius 3 is 2.35 bits per heavy atom. The summed E-state index contributed by atoms with van der Waals surface area (Å²) >= 11 is 0. The molecule has 3 unspecified atom stereocenters. The van der Waals surface area contributed by atoms with Crippen molar-refractivity contribution in [2.24, 2.45) is 5.41 Å². The number of aryl methyl sites for hydroxylation is 1. The highest BCUT2D eigenvalue weighted by Crippen LogP contribution is 2.45. The Balaban J connectivity index is 1.87. The average molecular weight is 275 g/mol. The number of ether oxygens (including phenoxy) is 1. The fourth-order valence-corrected chi connectivity index (χ4v) is 3.20. The largest absolute Gasteiger partial charge is 0.378 e. The molecule has 0 aromatic heterocycles. The smallest absolute Gasteiger partial charge is 0.0658 e. The van der Waals surface area contributed by atoms with E-state index in [0.29, 0.717) is 17.6 Å². The molecule has 0 heterocycles. The molecule has 1 aliphatic carbocycles. The minimum absolute atomic E-state index is 0.291. The van der Waals surface area contributed by atoms with Crippen LogP contribution in [0.1, 0.15) is 51.7 Å². The Morgan fingerprint density at radius 1 is 1.15 bits per heavy atom. The Morgan fingerprint density at radius 2 is 1.80 bits per heavy atom. The number of hydrogen-bond acceptors (Lipinski definition) is 2. The van der Waals surface area contributed by atoms with Crippen LogP contribution < -0.4 is 5.32 Å². The zero-order valence-electron chi connectivity index (χ0n) is 13.4. The van der Waals surface area contributed by atoms with Crippen LogP contribution in [-0.2, 0) is 17.7 Å². The van der Waals surface area contributed by atoms with Crippen LogP contribution in [0.5, 0.6) is 0 Å². The van der Waals surface area contributed by atoms with Crippen LogP contribution in [0.15, 0.2) is 24.3 Å². The molecule has 0 aliphatic heterocycles. The average Bonchev–Trinajstić information content (AvgIpc) is 2.49. The summed E-state index contributed by atoms with van der Waals surface area (Å²) in [6, 6.07) is 9.54. The van der Waals surface area contributed by atoms with Gasteiger partial charge in [0.25, 0.3) is 0 Å². The SMILES string of the molecule is CCOC1CC(NCc2ccc(CC)cc2)C1(C)CC. The van der Waals surface area contributed by atoms with Crippen molar-refractivity contribution in [2.75, 3.05) is 6.61 Å². The van der Waals surface area contributed by atoms with Crippen molar-refractivity contribution in [3.05, 3.63) is 35.4 Å². The molecule has 2 nitrogen and oxygen atoms in total. The van der Waals surface area contributed by atoms with Gasteiger partial charge < -0.3 is 10.1 Å². The first kappa shape index (κ1) is 15.5. The molecule has 0 radical (unpaired) electrons. The summed E-state index contributed by atoms with van der Waals surface area (Å²) in [6.07, 6.45) is 3.85. The lowest BCUT2D eigenvalue weighted by molar-refractivity contribution is -0.126. The van der Waals surface area contributed by atoms with Gasteiger partial charge in [-0.3, -0.25) is 0 Å². The van der Waals surface area contributed by atoms with E-state index in [2.05, 4.69) is 57.3 Å². The normalized spacial score (nSPS) is 29.2. The van der Waals surface area contributed by atoms with E-state index < -0.39 is 0 Å². The predicted octanol–water partition coefficient (Wildman–Crippen LogP) is 3.93. The molecule has 1 aliphatic rings. The van der Waals surface area contributed by atoms with E-state index in [1.54, 1.807) is 0 Å². The highest BCUT2D eigenvalue weighted by atomic mass is 16.5. The zero-order valence-corrected chi connectivity index (χ0v) is 13.4. The highest BCUT2D eigenvalue weighted by molar-refractivity contribution is 5.22. The summed E-state index contributed by atoms with van der Waals surface area (Å²) in [7, 11) is 0. The molecule has 112 valence electrons. The fraction of sp³-hybridized carbons (Fsp3) is 0.667. The van der Waals surface area contributed by atoms with E-state index in [1.165, 1.54) is 17.5 Å². The van der Waals surface area contributed by atoms with Gasteiger partial charge in [0.15, 0.2) is 0 Å². The van der Waals surface area contributed by atoms with Crippen molar-refractivity contribution in [3.8, 4) is 0 Å². The van der Waals surface area contributed by atoms with Crippen LogP contribution in [0.2, 0.25) is 0 Å². The van der Waals surface area contributed by atoms with Crippen molar-refractivity contribution in [1.82, 2.24) is 5.32 Å². The van der Waals surface area contributed by atoms with E-state index >= 15 is 0 Å². The van der Waals surface area contributed by atoms with Gasteiger partial charge in [-0.2, -0.15) is 0 Å². The molecule has 1 saturated carbocycles. The van der Waals surface area contributed by atoms with Crippen molar-refractivity contribution in [3.63, 3.8) is 0 Å². The van der Waals surface area contributed by atoms with Gasteiger partial charge in [0.1, 0.15) is 0 Å². The second-order valence-electron chi connectivity index (χ2n) is 6.14. The summed E-state index contributed by atoms with van der Waals surface area (Å²) < 4.78 is 5.86. The van der Waals surface area contributed by atoms with Gasteiger partial charge in [-0.25, -0.2) is 0 Å². The van der Waals surface area contributed by atoms with E-state index in [1.807, 2.05) is 0 Å². The lowest BCUT2D eigenvalue weighted by Crippen LogP contribution is -2.61. The van der Waals surface area contributed by atoms with Gasteiger partial charge in [-0.15, -0.1) is 0 Å². The molecule has 3 atom stereocenters. The fourth-order valence-electron chi connectivity index (χ4n) is 3.20. The van der Waals surface area contributed by atoms with Crippen molar-refractivity contribution in [1.29, 1.82) is 0 Å². The molecule has 0 amide bonds. The van der Waals surface area contributed by atoms with Gasteiger partial charge in [-0.05, 0) is 37.3 Å². The predicted molar refractivity (Wildman–Crippen MR) is 84.9 cm³/mol. The molecular formula is C18H29NO. The molecule has 2 rings (SSSR count). The standard InChI is InChI=1S/C18H29NO/c1-5-14-8-10-15(11-9-14)13-19-16-12-17(20-7-3)18(16,4)6-2/h8-11,16-17,19H,5-7,12-13H2,1-4H3. The quantitative estimate of drug-likeness (QED) is 0.814. The molecule has 1 aromatic carbocycles. The Hall–Kier alpha value is -0.860. The Kier molecular flexibility index (Phi) is 5.22. The first-order chi connectivity index (χ1) is 9.63. The minimum Gasteiger partial charge on any atom is -0.378 e. The molecule has 0 bridgehead atoms. The number of rotatable bonds is 7. The first-order valence-corrected chi connectivity index (χ1v) is 8.06. The molecule has 2 heteroatoms. The van der Waals surface area contributed by atoms with Gasteiger partial charge in [-0.1, -0.05) is 45.0 Å². The molecule has 0 spiro atoms. The second kappa shape index (κ2) is 6.73. The third-order valence-electron chi connectivity index (χ3n) is 5.09. The minimum atomic E-state index is 0.291. The van der Waals surface area contributed by atoms with Gasteiger partial charge in [0.2, 0.25) is 0 Å². The maximum Gasteiger partial charge on any atom is 0.0658 e. The number of hydrogen-bond donors (Lipinski definition) is 1. The molecule has 1 aromatic rings. The van der Waals surface area contributed by atoms with Crippen LogP contribution in [0.4, 0.5) is 0 Å². The summed E-state index contributed by atoms with van der Waals surface area (Å²) in [6.45, 7) is 10.7. The number of nitrogens with one attached hydrogen (secondary N) is 1. The summed E-state index contributed by atoms with van der Waals surface area (Å²) in [4.78, 5) is 0. The Bertz CT molecular complexity index is 414. The Labute approximate surface area is 123 Å². The van der Waals surface area contributed by atoms with Gasteiger partial charge >= 0.3 is 0 Å². The van der Waals surface area contributed by atoms with Gasteiger partial charge in [0.05, 0.1) is 6.10 Å². The van der Waals surface area contributed by atoms with Crippen LogP contribution in [-0.4, -0.2) is 18.8 Å². The topological polar surface area (TPSA) is 21.3 Å². The van der Waals surface area contributed by atoms with Crippen LogP contribution in [0.25, 0.3) is 0 Å². The van der Waals surface area contributed by atoms with E-state index in [4.69, 9.17) is 4.74 Å². The summed E-state index contributed by atoms with van der Waals surface area (Å²) in [5.74, 6) is 0.